The molecule has 0 bridgehead atoms. The lowest BCUT2D eigenvalue weighted by Gasteiger charge is -2.40. The molecule has 1 saturated carbocycles. The summed E-state index contributed by atoms with van der Waals surface area (Å²) in [6.45, 7) is 6.84. The fourth-order valence-corrected chi connectivity index (χ4v) is 5.69. The number of likely N-dealkylation sites (tertiary alicyclic amines) is 2. The molecule has 2 aliphatic heterocycles. The third-order valence-electron chi connectivity index (χ3n) is 8.13. The number of rotatable bonds is 8. The molecule has 1 aliphatic carbocycles. The van der Waals surface area contributed by atoms with Gasteiger partial charge < -0.3 is 25.3 Å². The Morgan fingerprint density at radius 1 is 0.774 bits per heavy atom. The molecular weight excluding hydrogens is 388 g/mol. The smallest absolute Gasteiger partial charge is 0.236 e. The van der Waals surface area contributed by atoms with E-state index >= 15 is 0 Å². The zero-order chi connectivity index (χ0) is 22.4. The van der Waals surface area contributed by atoms with E-state index in [2.05, 4.69) is 52.7 Å². The Kier molecular flexibility index (Phi) is 9.59. The Labute approximate surface area is 190 Å². The van der Waals surface area contributed by atoms with Crippen molar-refractivity contribution < 1.29 is 4.79 Å². The molecule has 0 unspecified atom stereocenters. The number of hydrogen-bond acceptors (Lipinski definition) is 6. The Bertz CT molecular complexity index is 532. The first-order valence-electron chi connectivity index (χ1n) is 12.7. The van der Waals surface area contributed by atoms with Gasteiger partial charge in [-0.1, -0.05) is 0 Å². The van der Waals surface area contributed by atoms with E-state index in [4.69, 9.17) is 5.73 Å². The van der Waals surface area contributed by atoms with Gasteiger partial charge in [-0.25, -0.2) is 0 Å². The second-order valence-electron chi connectivity index (χ2n) is 10.7. The predicted molar refractivity (Wildman–Crippen MR) is 128 cm³/mol. The van der Waals surface area contributed by atoms with Crippen molar-refractivity contribution in [1.29, 1.82) is 0 Å². The number of piperidine rings is 2. The fourth-order valence-electron chi connectivity index (χ4n) is 5.69. The number of carbonyl (C=O) groups excluding carboxylic acids is 1. The van der Waals surface area contributed by atoms with Gasteiger partial charge in [0.2, 0.25) is 5.91 Å². The minimum atomic E-state index is 0.332. The van der Waals surface area contributed by atoms with E-state index in [1.54, 1.807) is 0 Å². The number of nitrogens with two attached hydrogens (primary N) is 1. The van der Waals surface area contributed by atoms with Crippen molar-refractivity contribution in [3.63, 3.8) is 0 Å². The van der Waals surface area contributed by atoms with E-state index in [0.717, 1.165) is 70.7 Å². The van der Waals surface area contributed by atoms with Crippen LogP contribution >= 0.6 is 0 Å². The summed E-state index contributed by atoms with van der Waals surface area (Å²) in [5.41, 5.74) is 6.17. The van der Waals surface area contributed by atoms with Gasteiger partial charge in [-0.05, 0) is 92.6 Å². The van der Waals surface area contributed by atoms with Crippen LogP contribution in [0.3, 0.4) is 0 Å². The minimum absolute atomic E-state index is 0.332. The summed E-state index contributed by atoms with van der Waals surface area (Å²) in [6.07, 6.45) is 9.17. The van der Waals surface area contributed by atoms with E-state index in [-0.39, 0.29) is 0 Å². The Hall–Kier alpha value is -0.730. The molecule has 0 radical (unpaired) electrons. The molecule has 0 aromatic heterocycles. The standard InChI is InChI=1S/C24H48N6O/c1-26(2)21-9-13-28(14-10-21)17-18-30(23-7-5-20(25)6-8-23)19-24(31)29-15-11-22(12-16-29)27(3)4/h20-23H,5-19,25H2,1-4H3. The van der Waals surface area contributed by atoms with Gasteiger partial charge in [0.15, 0.2) is 0 Å². The summed E-state index contributed by atoms with van der Waals surface area (Å²) < 4.78 is 0. The molecule has 31 heavy (non-hydrogen) atoms. The first-order chi connectivity index (χ1) is 14.8. The minimum Gasteiger partial charge on any atom is -0.341 e. The molecule has 0 atom stereocenters. The van der Waals surface area contributed by atoms with Crippen LogP contribution in [0.4, 0.5) is 0 Å². The van der Waals surface area contributed by atoms with Crippen LogP contribution in [-0.4, -0.2) is 129 Å². The molecule has 3 fully saturated rings. The normalized spacial score (nSPS) is 27.5. The first-order valence-corrected chi connectivity index (χ1v) is 12.7. The number of nitrogens with zero attached hydrogens (tertiary/aromatic N) is 5. The summed E-state index contributed by atoms with van der Waals surface area (Å²) in [6, 6.07) is 2.20. The quantitative estimate of drug-likeness (QED) is 0.616. The molecule has 7 heteroatoms. The summed E-state index contributed by atoms with van der Waals surface area (Å²) in [7, 11) is 8.70. The van der Waals surface area contributed by atoms with E-state index in [0.29, 0.717) is 30.6 Å². The predicted octanol–water partition coefficient (Wildman–Crippen LogP) is 1.14. The maximum atomic E-state index is 13.2. The number of carbonyl (C=O) groups is 1. The molecule has 2 saturated heterocycles. The highest BCUT2D eigenvalue weighted by molar-refractivity contribution is 5.78. The topological polar surface area (TPSA) is 59.3 Å². The van der Waals surface area contributed by atoms with Crippen LogP contribution in [0.25, 0.3) is 0 Å². The van der Waals surface area contributed by atoms with E-state index in [9.17, 15) is 4.79 Å². The SMILES string of the molecule is CN(C)C1CCN(CCN(CC(=O)N2CCC(N(C)C)CC2)C2CCC(N)CC2)CC1. The zero-order valence-electron chi connectivity index (χ0n) is 20.6. The Morgan fingerprint density at radius 2 is 1.29 bits per heavy atom. The molecule has 0 spiro atoms. The summed E-state index contributed by atoms with van der Waals surface area (Å²) in [4.78, 5) is 25.1. The average molecular weight is 437 g/mol. The molecule has 180 valence electrons. The van der Waals surface area contributed by atoms with Gasteiger partial charge in [-0.15, -0.1) is 0 Å². The van der Waals surface area contributed by atoms with Gasteiger partial charge >= 0.3 is 0 Å². The van der Waals surface area contributed by atoms with Crippen molar-refractivity contribution in [2.24, 2.45) is 5.73 Å². The van der Waals surface area contributed by atoms with Crippen LogP contribution in [-0.2, 0) is 4.79 Å². The molecule has 1 amide bonds. The molecule has 2 N–H and O–H groups in total. The van der Waals surface area contributed by atoms with E-state index in [1.165, 1.54) is 25.9 Å². The summed E-state index contributed by atoms with van der Waals surface area (Å²) in [5, 5.41) is 0. The lowest BCUT2D eigenvalue weighted by molar-refractivity contribution is -0.134. The summed E-state index contributed by atoms with van der Waals surface area (Å²) in [5.74, 6) is 0.332. The average Bonchev–Trinajstić information content (AvgIpc) is 2.77. The van der Waals surface area contributed by atoms with Gasteiger partial charge in [0.05, 0.1) is 6.54 Å². The van der Waals surface area contributed by atoms with Gasteiger partial charge in [0.1, 0.15) is 0 Å². The van der Waals surface area contributed by atoms with Crippen molar-refractivity contribution in [2.45, 2.75) is 75.5 Å². The summed E-state index contributed by atoms with van der Waals surface area (Å²) >= 11 is 0. The molecule has 3 aliphatic rings. The molecule has 7 nitrogen and oxygen atoms in total. The fraction of sp³-hybridized carbons (Fsp3) is 0.958. The molecule has 2 heterocycles. The van der Waals surface area contributed by atoms with Crippen LogP contribution in [0.1, 0.15) is 51.4 Å². The van der Waals surface area contributed by atoms with Crippen molar-refractivity contribution in [3.8, 4) is 0 Å². The number of hydrogen-bond donors (Lipinski definition) is 1. The largest absolute Gasteiger partial charge is 0.341 e. The molecule has 3 rings (SSSR count). The van der Waals surface area contributed by atoms with Gasteiger partial charge in [0, 0.05) is 50.3 Å². The van der Waals surface area contributed by atoms with E-state index < -0.39 is 0 Å². The van der Waals surface area contributed by atoms with Crippen molar-refractivity contribution in [2.75, 3.05) is 74.0 Å². The highest BCUT2D eigenvalue weighted by Gasteiger charge is 2.30. The van der Waals surface area contributed by atoms with Crippen molar-refractivity contribution in [1.82, 2.24) is 24.5 Å². The Morgan fingerprint density at radius 3 is 1.81 bits per heavy atom. The monoisotopic (exact) mass is 436 g/mol. The van der Waals surface area contributed by atoms with Crippen LogP contribution < -0.4 is 5.73 Å². The third-order valence-corrected chi connectivity index (χ3v) is 8.13. The lowest BCUT2D eigenvalue weighted by atomic mass is 9.90. The maximum absolute atomic E-state index is 13.2. The Balaban J connectivity index is 1.51. The maximum Gasteiger partial charge on any atom is 0.236 e. The van der Waals surface area contributed by atoms with Gasteiger partial charge in [-0.3, -0.25) is 9.69 Å². The van der Waals surface area contributed by atoms with Crippen molar-refractivity contribution in [3.05, 3.63) is 0 Å². The third kappa shape index (κ3) is 7.39. The number of amides is 1. The molecular formula is C24H48N6O. The van der Waals surface area contributed by atoms with Crippen LogP contribution in [0, 0.1) is 0 Å². The highest BCUT2D eigenvalue weighted by atomic mass is 16.2. The van der Waals surface area contributed by atoms with E-state index in [1.807, 2.05) is 0 Å². The second kappa shape index (κ2) is 11.9. The first kappa shape index (κ1) is 24.9. The van der Waals surface area contributed by atoms with Gasteiger partial charge in [0.25, 0.3) is 0 Å². The highest BCUT2D eigenvalue weighted by Crippen LogP contribution is 2.23. The van der Waals surface area contributed by atoms with Crippen LogP contribution in [0.2, 0.25) is 0 Å². The van der Waals surface area contributed by atoms with Crippen LogP contribution in [0.5, 0.6) is 0 Å². The molecule has 0 aromatic rings. The second-order valence-corrected chi connectivity index (χ2v) is 10.7. The van der Waals surface area contributed by atoms with Crippen LogP contribution in [0.15, 0.2) is 0 Å². The van der Waals surface area contributed by atoms with Gasteiger partial charge in [-0.2, -0.15) is 0 Å². The van der Waals surface area contributed by atoms with Crippen molar-refractivity contribution >= 4 is 5.91 Å². The molecule has 0 aromatic carbocycles. The lowest BCUT2D eigenvalue weighted by Crippen LogP contribution is -2.52. The zero-order valence-corrected chi connectivity index (χ0v) is 20.6.